The molecule has 3 unspecified atom stereocenters. The summed E-state index contributed by atoms with van der Waals surface area (Å²) in [5.41, 5.74) is 0.633. The lowest BCUT2D eigenvalue weighted by Crippen LogP contribution is -2.42. The molecule has 0 saturated carbocycles. The van der Waals surface area contributed by atoms with Gasteiger partial charge in [0, 0.05) is 35.8 Å². The van der Waals surface area contributed by atoms with E-state index in [0.29, 0.717) is 35.2 Å². The van der Waals surface area contributed by atoms with Crippen molar-refractivity contribution in [2.75, 3.05) is 7.11 Å². The monoisotopic (exact) mass is 339 g/mol. The van der Waals surface area contributed by atoms with E-state index < -0.39 is 0 Å². The molecule has 3 atom stereocenters. The number of methoxy groups -OCH3 is 1. The molecule has 6 nitrogen and oxygen atoms in total. The Bertz CT molecular complexity index is 763. The Hall–Kier alpha value is -2.60. The third-order valence-corrected chi connectivity index (χ3v) is 4.86. The van der Waals surface area contributed by atoms with Crippen LogP contribution in [-0.2, 0) is 0 Å². The maximum absolute atomic E-state index is 12.4. The van der Waals surface area contributed by atoms with Crippen molar-refractivity contribution in [2.45, 2.75) is 37.4 Å². The molecular weight excluding hydrogens is 318 g/mol. The number of rotatable bonds is 5. The largest absolute Gasteiger partial charge is 0.481 e. The summed E-state index contributed by atoms with van der Waals surface area (Å²) in [6.07, 6.45) is 3.40. The zero-order valence-corrected chi connectivity index (χ0v) is 14.1. The number of carbonyl (C=O) groups excluding carboxylic acids is 1. The molecule has 1 amide bonds. The van der Waals surface area contributed by atoms with E-state index in [2.05, 4.69) is 15.6 Å². The van der Waals surface area contributed by atoms with Crippen LogP contribution in [0.25, 0.3) is 0 Å². The van der Waals surface area contributed by atoms with Crippen LogP contribution in [0.3, 0.4) is 0 Å². The van der Waals surface area contributed by atoms with Gasteiger partial charge in [0.25, 0.3) is 5.91 Å². The fourth-order valence-corrected chi connectivity index (χ4v) is 3.60. The Labute approximate surface area is 146 Å². The van der Waals surface area contributed by atoms with Crippen molar-refractivity contribution in [3.8, 4) is 17.5 Å². The van der Waals surface area contributed by atoms with E-state index in [1.165, 1.54) is 6.42 Å². The number of nitrogens with zero attached hydrogens (tertiary/aromatic N) is 1. The van der Waals surface area contributed by atoms with Gasteiger partial charge in [-0.25, -0.2) is 0 Å². The Morgan fingerprint density at radius 3 is 2.64 bits per heavy atom. The van der Waals surface area contributed by atoms with Gasteiger partial charge < -0.3 is 20.1 Å². The molecule has 6 heteroatoms. The summed E-state index contributed by atoms with van der Waals surface area (Å²) in [6.45, 7) is 0. The molecule has 2 N–H and O–H groups in total. The number of amides is 1. The lowest BCUT2D eigenvalue weighted by Gasteiger charge is -2.21. The molecule has 2 aromatic rings. The number of aromatic nitrogens is 1. The molecule has 130 valence electrons. The summed E-state index contributed by atoms with van der Waals surface area (Å²) in [5.74, 6) is 1.53. The highest BCUT2D eigenvalue weighted by molar-refractivity contribution is 5.94. The van der Waals surface area contributed by atoms with Gasteiger partial charge in [-0.15, -0.1) is 0 Å². The first-order valence-corrected chi connectivity index (χ1v) is 8.57. The van der Waals surface area contributed by atoms with Crippen LogP contribution >= 0.6 is 0 Å². The van der Waals surface area contributed by atoms with Crippen LogP contribution in [-0.4, -0.2) is 36.1 Å². The van der Waals surface area contributed by atoms with Crippen molar-refractivity contribution in [1.82, 2.24) is 15.6 Å². The van der Waals surface area contributed by atoms with E-state index in [1.54, 1.807) is 43.5 Å². The summed E-state index contributed by atoms with van der Waals surface area (Å²) >= 11 is 0. The van der Waals surface area contributed by atoms with E-state index in [4.69, 9.17) is 9.47 Å². The summed E-state index contributed by atoms with van der Waals surface area (Å²) < 4.78 is 10.8. The molecule has 1 aromatic heterocycles. The smallest absolute Gasteiger partial charge is 0.251 e. The van der Waals surface area contributed by atoms with Crippen LogP contribution in [0.2, 0.25) is 0 Å². The highest BCUT2D eigenvalue weighted by atomic mass is 16.5. The molecule has 0 radical (unpaired) electrons. The third kappa shape index (κ3) is 3.44. The highest BCUT2D eigenvalue weighted by Gasteiger charge is 2.39. The second-order valence-electron chi connectivity index (χ2n) is 6.51. The number of benzene rings is 1. The van der Waals surface area contributed by atoms with Gasteiger partial charge in [-0.2, -0.15) is 4.98 Å². The van der Waals surface area contributed by atoms with Crippen molar-refractivity contribution in [3.63, 3.8) is 0 Å². The zero-order valence-electron chi connectivity index (χ0n) is 14.1. The predicted octanol–water partition coefficient (Wildman–Crippen LogP) is 2.51. The average Bonchev–Trinajstić information content (AvgIpc) is 3.25. The lowest BCUT2D eigenvalue weighted by molar-refractivity contribution is 0.0931. The van der Waals surface area contributed by atoms with Crippen LogP contribution in [0.4, 0.5) is 0 Å². The van der Waals surface area contributed by atoms with Crippen molar-refractivity contribution < 1.29 is 14.3 Å². The minimum absolute atomic E-state index is 0.0367. The van der Waals surface area contributed by atoms with Gasteiger partial charge in [-0.05, 0) is 43.5 Å². The standard InChI is InChI=1S/C19H21N3O3/c1-24-17-3-2-4-18(22-17)25-14-8-5-12(6-9-14)19(23)21-16-11-13-7-10-15(16)20-13/h2-6,8-9,13,15-16,20H,7,10-11H2,1H3,(H,21,23). The molecule has 2 saturated heterocycles. The Balaban J connectivity index is 1.38. The maximum Gasteiger partial charge on any atom is 0.251 e. The SMILES string of the molecule is COc1cccc(Oc2ccc(C(=O)NC3CC4CCC3N4)cc2)n1. The molecule has 2 fully saturated rings. The van der Waals surface area contributed by atoms with Crippen LogP contribution in [0.5, 0.6) is 17.5 Å². The first-order chi connectivity index (χ1) is 12.2. The van der Waals surface area contributed by atoms with E-state index in [1.807, 2.05) is 6.07 Å². The molecule has 2 aliphatic rings. The molecule has 25 heavy (non-hydrogen) atoms. The normalized spacial score (nSPS) is 24.1. The quantitative estimate of drug-likeness (QED) is 0.876. The molecule has 2 bridgehead atoms. The third-order valence-electron chi connectivity index (χ3n) is 4.86. The Morgan fingerprint density at radius 1 is 1.16 bits per heavy atom. The minimum Gasteiger partial charge on any atom is -0.481 e. The van der Waals surface area contributed by atoms with Gasteiger partial charge in [-0.1, -0.05) is 6.07 Å². The van der Waals surface area contributed by atoms with Gasteiger partial charge in [0.05, 0.1) is 7.11 Å². The van der Waals surface area contributed by atoms with Crippen molar-refractivity contribution >= 4 is 5.91 Å². The average molecular weight is 339 g/mol. The zero-order chi connectivity index (χ0) is 17.2. The molecule has 4 rings (SSSR count). The molecule has 0 aliphatic carbocycles. The van der Waals surface area contributed by atoms with Crippen LogP contribution in [0.15, 0.2) is 42.5 Å². The van der Waals surface area contributed by atoms with Crippen molar-refractivity contribution in [2.24, 2.45) is 0 Å². The summed E-state index contributed by atoms with van der Waals surface area (Å²) in [7, 11) is 1.56. The van der Waals surface area contributed by atoms with E-state index in [0.717, 1.165) is 12.8 Å². The first-order valence-electron chi connectivity index (χ1n) is 8.57. The van der Waals surface area contributed by atoms with Gasteiger partial charge in [0.2, 0.25) is 11.8 Å². The molecule has 3 heterocycles. The molecule has 0 spiro atoms. The number of hydrogen-bond donors (Lipinski definition) is 2. The fourth-order valence-electron chi connectivity index (χ4n) is 3.60. The Kier molecular flexibility index (Phi) is 4.28. The van der Waals surface area contributed by atoms with E-state index in [9.17, 15) is 4.79 Å². The Morgan fingerprint density at radius 2 is 1.96 bits per heavy atom. The number of hydrogen-bond acceptors (Lipinski definition) is 5. The number of fused-ring (bicyclic) bond motifs is 2. The summed E-state index contributed by atoms with van der Waals surface area (Å²) in [4.78, 5) is 16.6. The van der Waals surface area contributed by atoms with Crippen LogP contribution in [0.1, 0.15) is 29.6 Å². The number of ether oxygens (including phenoxy) is 2. The van der Waals surface area contributed by atoms with Gasteiger partial charge in [0.15, 0.2) is 0 Å². The van der Waals surface area contributed by atoms with E-state index >= 15 is 0 Å². The number of carbonyl (C=O) groups is 1. The minimum atomic E-state index is -0.0367. The fraction of sp³-hybridized carbons (Fsp3) is 0.368. The summed E-state index contributed by atoms with van der Waals surface area (Å²) in [6, 6.07) is 13.6. The predicted molar refractivity (Wildman–Crippen MR) is 93.1 cm³/mol. The molecule has 1 aromatic carbocycles. The van der Waals surface area contributed by atoms with Crippen LogP contribution in [0, 0.1) is 0 Å². The number of pyridine rings is 1. The first kappa shape index (κ1) is 15.9. The van der Waals surface area contributed by atoms with E-state index in [-0.39, 0.29) is 11.9 Å². The van der Waals surface area contributed by atoms with Gasteiger partial charge >= 0.3 is 0 Å². The highest BCUT2D eigenvalue weighted by Crippen LogP contribution is 2.28. The lowest BCUT2D eigenvalue weighted by atomic mass is 9.95. The second-order valence-corrected chi connectivity index (χ2v) is 6.51. The molecule has 2 aliphatic heterocycles. The maximum atomic E-state index is 12.4. The topological polar surface area (TPSA) is 72.5 Å². The van der Waals surface area contributed by atoms with Crippen LogP contribution < -0.4 is 20.1 Å². The summed E-state index contributed by atoms with van der Waals surface area (Å²) in [5, 5.41) is 6.67. The molecular formula is C19H21N3O3. The van der Waals surface area contributed by atoms with Gasteiger partial charge in [0.1, 0.15) is 5.75 Å². The van der Waals surface area contributed by atoms with Gasteiger partial charge in [-0.3, -0.25) is 4.79 Å². The van der Waals surface area contributed by atoms with Crippen molar-refractivity contribution in [3.05, 3.63) is 48.0 Å². The second kappa shape index (κ2) is 6.72. The number of nitrogens with one attached hydrogen (secondary N) is 2. The van der Waals surface area contributed by atoms with Crippen molar-refractivity contribution in [1.29, 1.82) is 0 Å².